The van der Waals surface area contributed by atoms with E-state index in [4.69, 9.17) is 0 Å². The Labute approximate surface area is 107 Å². The summed E-state index contributed by atoms with van der Waals surface area (Å²) >= 11 is 0. The van der Waals surface area contributed by atoms with Gasteiger partial charge in [0.1, 0.15) is 11.6 Å². The molecule has 5 heteroatoms. The Hall–Kier alpha value is -2.69. The van der Waals surface area contributed by atoms with E-state index in [9.17, 15) is 19.1 Å². The van der Waals surface area contributed by atoms with E-state index in [1.165, 1.54) is 12.1 Å². The Morgan fingerprint density at radius 3 is 2.11 bits per heavy atom. The molecule has 0 saturated heterocycles. The summed E-state index contributed by atoms with van der Waals surface area (Å²) in [6, 6.07) is 9.49. The number of carbonyl (C=O) groups is 2. The third-order valence-electron chi connectivity index (χ3n) is 2.96. The number of imide groups is 1. The number of hydrogen-bond donors (Lipinski definition) is 1. The quantitative estimate of drug-likeness (QED) is 0.798. The molecule has 1 aliphatic rings. The van der Waals surface area contributed by atoms with Crippen LogP contribution in [0.5, 0.6) is 5.75 Å². The molecule has 1 heterocycles. The molecule has 0 fully saturated rings. The van der Waals surface area contributed by atoms with Crippen molar-refractivity contribution in [2.45, 2.75) is 0 Å². The predicted molar refractivity (Wildman–Crippen MR) is 65.6 cm³/mol. The van der Waals surface area contributed by atoms with Gasteiger partial charge < -0.3 is 5.11 Å². The van der Waals surface area contributed by atoms with Gasteiger partial charge in [-0.15, -0.1) is 0 Å². The van der Waals surface area contributed by atoms with Crippen LogP contribution in [0.2, 0.25) is 0 Å². The molecule has 1 aliphatic heterocycles. The minimum Gasteiger partial charge on any atom is -0.508 e. The van der Waals surface area contributed by atoms with E-state index < -0.39 is 17.6 Å². The smallest absolute Gasteiger partial charge is 0.266 e. The summed E-state index contributed by atoms with van der Waals surface area (Å²) in [6.45, 7) is 0. The molecule has 0 atom stereocenters. The van der Waals surface area contributed by atoms with Gasteiger partial charge in [-0.3, -0.25) is 9.59 Å². The number of halogens is 1. The van der Waals surface area contributed by atoms with Gasteiger partial charge in [0.25, 0.3) is 11.8 Å². The van der Waals surface area contributed by atoms with E-state index >= 15 is 0 Å². The highest BCUT2D eigenvalue weighted by Gasteiger charge is 2.37. The number of phenolic OH excluding ortho intramolecular Hbond substituents is 1. The fraction of sp³-hybridized carbons (Fsp3) is 0. The van der Waals surface area contributed by atoms with Gasteiger partial charge >= 0.3 is 0 Å². The summed E-state index contributed by atoms with van der Waals surface area (Å²) in [5.74, 6) is -2.14. The molecule has 0 bridgehead atoms. The standard InChI is InChI=1S/C14H8FNO3/c15-11-6-5-8(17)7-12(11)16-13(18)9-3-1-2-4-10(9)14(16)19/h1-7,17H. The number of carbonyl (C=O) groups excluding carboxylic acids is 2. The van der Waals surface area contributed by atoms with Crippen molar-refractivity contribution < 1.29 is 19.1 Å². The second-order valence-electron chi connectivity index (χ2n) is 4.13. The number of fused-ring (bicyclic) bond motifs is 1. The van der Waals surface area contributed by atoms with Gasteiger partial charge in [0, 0.05) is 6.07 Å². The molecule has 2 aromatic rings. The topological polar surface area (TPSA) is 57.6 Å². The Balaban J connectivity index is 2.17. The van der Waals surface area contributed by atoms with Crippen LogP contribution in [0.4, 0.5) is 10.1 Å². The van der Waals surface area contributed by atoms with E-state index in [1.807, 2.05) is 0 Å². The second-order valence-corrected chi connectivity index (χ2v) is 4.13. The molecule has 94 valence electrons. The van der Waals surface area contributed by atoms with Gasteiger partial charge in [-0.2, -0.15) is 0 Å². The SMILES string of the molecule is O=C1c2ccccc2C(=O)N1c1cc(O)ccc1F. The number of hydrogen-bond acceptors (Lipinski definition) is 3. The molecule has 0 unspecified atom stereocenters. The van der Waals surface area contributed by atoms with E-state index in [2.05, 4.69) is 0 Å². The van der Waals surface area contributed by atoms with Crippen molar-refractivity contribution in [1.29, 1.82) is 0 Å². The number of aromatic hydroxyl groups is 1. The van der Waals surface area contributed by atoms with Crippen LogP contribution in [0.1, 0.15) is 20.7 Å². The first-order valence-electron chi connectivity index (χ1n) is 5.56. The highest BCUT2D eigenvalue weighted by molar-refractivity contribution is 6.34. The minimum atomic E-state index is -0.743. The summed E-state index contributed by atoms with van der Waals surface area (Å²) in [5.41, 5.74) is 0.219. The Morgan fingerprint density at radius 1 is 0.947 bits per heavy atom. The van der Waals surface area contributed by atoms with Crippen LogP contribution in [-0.4, -0.2) is 16.9 Å². The molecular formula is C14H8FNO3. The maximum atomic E-state index is 13.7. The maximum absolute atomic E-state index is 13.7. The first-order valence-corrected chi connectivity index (χ1v) is 5.56. The largest absolute Gasteiger partial charge is 0.508 e. The number of phenols is 1. The highest BCUT2D eigenvalue weighted by atomic mass is 19.1. The van der Waals surface area contributed by atoms with Crippen molar-refractivity contribution in [3.05, 3.63) is 59.4 Å². The third kappa shape index (κ3) is 1.59. The van der Waals surface area contributed by atoms with E-state index in [-0.39, 0.29) is 22.6 Å². The molecule has 0 saturated carbocycles. The normalized spacial score (nSPS) is 13.8. The van der Waals surface area contributed by atoms with Gasteiger partial charge in [0.15, 0.2) is 0 Å². The number of amides is 2. The zero-order valence-electron chi connectivity index (χ0n) is 9.63. The lowest BCUT2D eigenvalue weighted by Gasteiger charge is -2.14. The summed E-state index contributed by atoms with van der Waals surface area (Å²) in [7, 11) is 0. The van der Waals surface area contributed by atoms with Gasteiger partial charge in [-0.05, 0) is 24.3 Å². The van der Waals surface area contributed by atoms with Crippen molar-refractivity contribution in [1.82, 2.24) is 0 Å². The van der Waals surface area contributed by atoms with Crippen molar-refractivity contribution in [2.75, 3.05) is 4.90 Å². The van der Waals surface area contributed by atoms with Crippen LogP contribution in [0.25, 0.3) is 0 Å². The van der Waals surface area contributed by atoms with E-state index in [0.29, 0.717) is 0 Å². The fourth-order valence-electron chi connectivity index (χ4n) is 2.08. The number of anilines is 1. The second kappa shape index (κ2) is 3.91. The minimum absolute atomic E-state index is 0.215. The summed E-state index contributed by atoms with van der Waals surface area (Å²) in [5, 5.41) is 9.37. The zero-order chi connectivity index (χ0) is 13.6. The van der Waals surface area contributed by atoms with Crippen molar-refractivity contribution >= 4 is 17.5 Å². The van der Waals surface area contributed by atoms with Crippen LogP contribution in [0.3, 0.4) is 0 Å². The Morgan fingerprint density at radius 2 is 1.53 bits per heavy atom. The molecule has 0 spiro atoms. The van der Waals surface area contributed by atoms with E-state index in [0.717, 1.165) is 23.1 Å². The van der Waals surface area contributed by atoms with Gasteiger partial charge in [0.2, 0.25) is 0 Å². The zero-order valence-corrected chi connectivity index (χ0v) is 9.63. The average Bonchev–Trinajstić information content (AvgIpc) is 2.66. The molecule has 2 amide bonds. The van der Waals surface area contributed by atoms with Crippen molar-refractivity contribution in [3.63, 3.8) is 0 Å². The van der Waals surface area contributed by atoms with Crippen LogP contribution in [-0.2, 0) is 0 Å². The van der Waals surface area contributed by atoms with Crippen LogP contribution in [0, 0.1) is 5.82 Å². The molecule has 1 N–H and O–H groups in total. The highest BCUT2D eigenvalue weighted by Crippen LogP contribution is 2.31. The van der Waals surface area contributed by atoms with Crippen LogP contribution < -0.4 is 4.90 Å². The maximum Gasteiger partial charge on any atom is 0.266 e. The summed E-state index contributed by atoms with van der Waals surface area (Å²) in [4.78, 5) is 25.0. The molecular weight excluding hydrogens is 249 g/mol. The molecule has 2 aromatic carbocycles. The molecule has 4 nitrogen and oxygen atoms in total. The van der Waals surface area contributed by atoms with Crippen molar-refractivity contribution in [3.8, 4) is 5.75 Å². The Kier molecular flexibility index (Phi) is 2.35. The van der Waals surface area contributed by atoms with Gasteiger partial charge in [-0.1, -0.05) is 12.1 Å². The van der Waals surface area contributed by atoms with Gasteiger partial charge in [-0.25, -0.2) is 9.29 Å². The number of nitrogens with zero attached hydrogens (tertiary/aromatic N) is 1. The lowest BCUT2D eigenvalue weighted by Crippen LogP contribution is -2.30. The molecule has 0 aromatic heterocycles. The molecule has 19 heavy (non-hydrogen) atoms. The predicted octanol–water partition coefficient (Wildman–Crippen LogP) is 2.33. The van der Waals surface area contributed by atoms with E-state index in [1.54, 1.807) is 12.1 Å². The lowest BCUT2D eigenvalue weighted by molar-refractivity contribution is 0.0925. The molecule has 0 aliphatic carbocycles. The summed E-state index contributed by atoms with van der Waals surface area (Å²) in [6.07, 6.45) is 0. The molecule has 3 rings (SSSR count). The van der Waals surface area contributed by atoms with Crippen LogP contribution >= 0.6 is 0 Å². The third-order valence-corrected chi connectivity index (χ3v) is 2.96. The van der Waals surface area contributed by atoms with Gasteiger partial charge in [0.05, 0.1) is 16.8 Å². The number of benzene rings is 2. The van der Waals surface area contributed by atoms with Crippen molar-refractivity contribution in [2.24, 2.45) is 0 Å². The van der Waals surface area contributed by atoms with Crippen LogP contribution in [0.15, 0.2) is 42.5 Å². The first-order chi connectivity index (χ1) is 9.09. The average molecular weight is 257 g/mol. The fourth-order valence-corrected chi connectivity index (χ4v) is 2.08. The first kappa shape index (κ1) is 11.4. The summed E-state index contributed by atoms with van der Waals surface area (Å²) < 4.78 is 13.7. The lowest BCUT2D eigenvalue weighted by atomic mass is 10.1. The Bertz CT molecular complexity index is 677. The molecule has 0 radical (unpaired) electrons. The monoisotopic (exact) mass is 257 g/mol. The number of rotatable bonds is 1.